The summed E-state index contributed by atoms with van der Waals surface area (Å²) in [5, 5.41) is 2.32. The molecular weight excluding hydrogens is 420 g/mol. The summed E-state index contributed by atoms with van der Waals surface area (Å²) in [4.78, 5) is 41.1. The van der Waals surface area contributed by atoms with Gasteiger partial charge in [0.15, 0.2) is 0 Å². The number of nitrogens with one attached hydrogen (secondary N) is 1. The molecule has 0 spiro atoms. The van der Waals surface area contributed by atoms with E-state index in [9.17, 15) is 14.4 Å². The van der Waals surface area contributed by atoms with Crippen LogP contribution in [0.1, 0.15) is 53.8 Å². The van der Waals surface area contributed by atoms with Crippen LogP contribution in [-0.2, 0) is 15.0 Å². The van der Waals surface area contributed by atoms with E-state index in [0.29, 0.717) is 5.69 Å². The Kier molecular flexibility index (Phi) is 4.44. The Bertz CT molecular complexity index is 1120. The Morgan fingerprint density at radius 1 is 0.938 bits per heavy atom. The lowest BCUT2D eigenvalue weighted by atomic mass is 9.48. The summed E-state index contributed by atoms with van der Waals surface area (Å²) in [5.74, 6) is 1.35. The molecular formula is C26H26N2O3S. The molecule has 6 heteroatoms. The van der Waals surface area contributed by atoms with Crippen LogP contribution in [0.2, 0.25) is 0 Å². The average Bonchev–Trinajstić information content (AvgIpc) is 3.15. The molecule has 1 saturated heterocycles. The number of imide groups is 2. The number of amides is 4. The SMILES string of the molecule is Cc1ccc(/C=C2\C(=O)NC(=O)N(c3ccc(C45CC6CC(CC(C6)C4)C5)cc3)C2=O)s1. The number of urea groups is 1. The molecule has 32 heavy (non-hydrogen) atoms. The highest BCUT2D eigenvalue weighted by Gasteiger charge is 2.51. The molecule has 2 aromatic rings. The number of hydrogen-bond donors (Lipinski definition) is 1. The Balaban J connectivity index is 1.30. The number of barbiturate groups is 1. The lowest BCUT2D eigenvalue weighted by Crippen LogP contribution is -2.54. The Morgan fingerprint density at radius 2 is 1.56 bits per heavy atom. The fourth-order valence-corrected chi connectivity index (χ4v) is 7.81. The van der Waals surface area contributed by atoms with Crippen molar-refractivity contribution < 1.29 is 14.4 Å². The van der Waals surface area contributed by atoms with Gasteiger partial charge in [0.2, 0.25) is 0 Å². The van der Waals surface area contributed by atoms with Crippen LogP contribution in [0.3, 0.4) is 0 Å². The first-order valence-electron chi connectivity index (χ1n) is 11.5. The Morgan fingerprint density at radius 3 is 2.12 bits per heavy atom. The second kappa shape index (κ2) is 7.14. The van der Waals surface area contributed by atoms with Crippen molar-refractivity contribution in [1.29, 1.82) is 0 Å². The summed E-state index contributed by atoms with van der Waals surface area (Å²) in [7, 11) is 0. The first kappa shape index (κ1) is 19.9. The largest absolute Gasteiger partial charge is 0.335 e. The number of thiophene rings is 1. The first-order chi connectivity index (χ1) is 15.4. The lowest BCUT2D eigenvalue weighted by Gasteiger charge is -2.57. The zero-order valence-electron chi connectivity index (χ0n) is 18.1. The lowest BCUT2D eigenvalue weighted by molar-refractivity contribution is -0.122. The van der Waals surface area contributed by atoms with Crippen molar-refractivity contribution in [2.24, 2.45) is 17.8 Å². The molecule has 2 heterocycles. The molecule has 4 saturated carbocycles. The van der Waals surface area contributed by atoms with Gasteiger partial charge in [0.25, 0.3) is 11.8 Å². The molecule has 5 aliphatic rings. The maximum atomic E-state index is 13.1. The highest BCUT2D eigenvalue weighted by atomic mass is 32.1. The molecule has 5 fully saturated rings. The van der Waals surface area contributed by atoms with Gasteiger partial charge in [-0.2, -0.15) is 0 Å². The van der Waals surface area contributed by atoms with E-state index in [4.69, 9.17) is 0 Å². The Hall–Kier alpha value is -2.73. The topological polar surface area (TPSA) is 66.5 Å². The normalized spacial score (nSPS) is 32.7. The van der Waals surface area contributed by atoms with Crippen molar-refractivity contribution in [2.75, 3.05) is 4.90 Å². The van der Waals surface area contributed by atoms with E-state index in [-0.39, 0.29) is 11.0 Å². The van der Waals surface area contributed by atoms with Crippen LogP contribution < -0.4 is 10.2 Å². The summed E-state index contributed by atoms with van der Waals surface area (Å²) < 4.78 is 0. The number of hydrogen-bond acceptors (Lipinski definition) is 4. The van der Waals surface area contributed by atoms with Crippen LogP contribution in [0.5, 0.6) is 0 Å². The van der Waals surface area contributed by atoms with Gasteiger partial charge in [0.05, 0.1) is 5.69 Å². The number of nitrogens with zero attached hydrogens (tertiary/aromatic N) is 1. The fraction of sp³-hybridized carbons (Fsp3) is 0.423. The minimum atomic E-state index is -0.693. The van der Waals surface area contributed by atoms with Gasteiger partial charge in [-0.25, -0.2) is 9.69 Å². The molecule has 4 aliphatic carbocycles. The smallest absolute Gasteiger partial charge is 0.273 e. The van der Waals surface area contributed by atoms with Gasteiger partial charge in [-0.05, 0) is 105 Å². The van der Waals surface area contributed by atoms with Crippen LogP contribution >= 0.6 is 11.3 Å². The van der Waals surface area contributed by atoms with Gasteiger partial charge >= 0.3 is 6.03 Å². The number of carbonyl (C=O) groups is 3. The number of rotatable bonds is 3. The molecule has 4 bridgehead atoms. The third-order valence-electron chi connectivity index (χ3n) is 7.93. The van der Waals surface area contributed by atoms with E-state index in [2.05, 4.69) is 17.4 Å². The van der Waals surface area contributed by atoms with Crippen molar-refractivity contribution in [3.63, 3.8) is 0 Å². The molecule has 1 N–H and O–H groups in total. The van der Waals surface area contributed by atoms with E-state index in [1.807, 2.05) is 31.2 Å². The van der Waals surface area contributed by atoms with Crippen molar-refractivity contribution in [1.82, 2.24) is 5.32 Å². The van der Waals surface area contributed by atoms with Crippen LogP contribution in [0.15, 0.2) is 42.0 Å². The van der Waals surface area contributed by atoms with Crippen LogP contribution in [0.25, 0.3) is 6.08 Å². The van der Waals surface area contributed by atoms with E-state index < -0.39 is 17.8 Å². The van der Waals surface area contributed by atoms with Gasteiger partial charge in [0, 0.05) is 9.75 Å². The summed E-state index contributed by atoms with van der Waals surface area (Å²) in [6.45, 7) is 1.97. The molecule has 7 rings (SSSR count). The summed E-state index contributed by atoms with van der Waals surface area (Å²) in [6, 6.07) is 11.1. The molecule has 0 unspecified atom stereocenters. The van der Waals surface area contributed by atoms with Gasteiger partial charge in [-0.1, -0.05) is 12.1 Å². The van der Waals surface area contributed by atoms with Crippen LogP contribution in [0.4, 0.5) is 10.5 Å². The zero-order valence-corrected chi connectivity index (χ0v) is 18.9. The first-order valence-corrected chi connectivity index (χ1v) is 12.3. The number of benzene rings is 1. The predicted molar refractivity (Wildman–Crippen MR) is 124 cm³/mol. The van der Waals surface area contributed by atoms with Gasteiger partial charge in [-0.15, -0.1) is 11.3 Å². The predicted octanol–water partition coefficient (Wildman–Crippen LogP) is 5.19. The average molecular weight is 447 g/mol. The van der Waals surface area contributed by atoms with Crippen molar-refractivity contribution in [2.45, 2.75) is 50.9 Å². The monoisotopic (exact) mass is 446 g/mol. The maximum Gasteiger partial charge on any atom is 0.335 e. The van der Waals surface area contributed by atoms with Gasteiger partial charge < -0.3 is 0 Å². The molecule has 164 valence electrons. The van der Waals surface area contributed by atoms with E-state index in [1.165, 1.54) is 55.4 Å². The number of aryl methyl sites for hydroxylation is 1. The zero-order chi connectivity index (χ0) is 22.0. The molecule has 0 radical (unpaired) electrons. The van der Waals surface area contributed by atoms with E-state index in [0.717, 1.165) is 32.4 Å². The minimum absolute atomic E-state index is 0.0170. The minimum Gasteiger partial charge on any atom is -0.273 e. The third kappa shape index (κ3) is 3.15. The van der Waals surface area contributed by atoms with Crippen LogP contribution in [0, 0.1) is 24.7 Å². The van der Waals surface area contributed by atoms with Crippen LogP contribution in [-0.4, -0.2) is 17.8 Å². The highest BCUT2D eigenvalue weighted by Crippen LogP contribution is 2.60. The fourth-order valence-electron chi connectivity index (χ4n) is 6.99. The summed E-state index contributed by atoms with van der Waals surface area (Å²) in [5.41, 5.74) is 2.09. The summed E-state index contributed by atoms with van der Waals surface area (Å²) >= 11 is 1.50. The van der Waals surface area contributed by atoms with E-state index >= 15 is 0 Å². The molecule has 0 atom stereocenters. The van der Waals surface area contributed by atoms with Gasteiger partial charge in [0.1, 0.15) is 5.57 Å². The second-order valence-electron chi connectivity index (χ2n) is 10.2. The number of anilines is 1. The van der Waals surface area contributed by atoms with Crippen molar-refractivity contribution in [3.05, 3.63) is 57.3 Å². The molecule has 5 nitrogen and oxygen atoms in total. The number of carbonyl (C=O) groups excluding carboxylic acids is 3. The Labute approximate surface area is 191 Å². The van der Waals surface area contributed by atoms with Crippen molar-refractivity contribution in [3.8, 4) is 0 Å². The third-order valence-corrected chi connectivity index (χ3v) is 8.87. The molecule has 4 amide bonds. The molecule has 1 aromatic heterocycles. The highest BCUT2D eigenvalue weighted by molar-refractivity contribution is 7.12. The standard InChI is InChI=1S/C26H26N2O3S/c1-15-2-7-21(32-15)11-22-23(29)27-25(31)28(24(22)30)20-5-3-19(4-6-20)26-12-16-8-17(13-26)10-18(9-16)14-26/h2-7,11,16-18H,8-10,12-14H2,1H3,(H,27,29,31)/b22-11+. The molecule has 1 aromatic carbocycles. The van der Waals surface area contributed by atoms with Gasteiger partial charge in [-0.3, -0.25) is 14.9 Å². The van der Waals surface area contributed by atoms with Crippen molar-refractivity contribution >= 4 is 40.9 Å². The summed E-state index contributed by atoms with van der Waals surface area (Å²) in [6.07, 6.45) is 9.56. The quantitative estimate of drug-likeness (QED) is 0.521. The second-order valence-corrected chi connectivity index (χ2v) is 11.5. The van der Waals surface area contributed by atoms with E-state index in [1.54, 1.807) is 6.08 Å². The maximum absolute atomic E-state index is 13.1. The molecule has 1 aliphatic heterocycles.